The number of anilines is 1. The minimum Gasteiger partial charge on any atom is -0.399 e. The molecule has 0 radical (unpaired) electrons. The molecule has 6 aromatic rings. The van der Waals surface area contributed by atoms with Crippen LogP contribution >= 0.6 is 0 Å². The zero-order chi connectivity index (χ0) is 31.9. The first kappa shape index (κ1) is 31.8. The third-order valence-electron chi connectivity index (χ3n) is 6.62. The number of nitrogen functional groups attached to an aromatic ring is 1. The van der Waals surface area contributed by atoms with Gasteiger partial charge in [-0.05, 0) is 63.9 Å². The van der Waals surface area contributed by atoms with Crippen LogP contribution in [0.3, 0.4) is 0 Å². The summed E-state index contributed by atoms with van der Waals surface area (Å²) in [5.74, 6) is -0.0342. The van der Waals surface area contributed by atoms with Crippen LogP contribution in [0.2, 0.25) is 0 Å². The Labute approximate surface area is 259 Å². The molecule has 2 heterocycles. The van der Waals surface area contributed by atoms with E-state index in [0.29, 0.717) is 42.3 Å². The van der Waals surface area contributed by atoms with Gasteiger partial charge in [0, 0.05) is 35.4 Å². The molecule has 5 N–H and O–H groups in total. The van der Waals surface area contributed by atoms with Gasteiger partial charge in [0.2, 0.25) is 5.91 Å². The summed E-state index contributed by atoms with van der Waals surface area (Å²) in [6.45, 7) is 1.10. The van der Waals surface area contributed by atoms with Crippen molar-refractivity contribution in [3.8, 4) is 0 Å². The normalized spacial score (nSPS) is 10.4. The van der Waals surface area contributed by atoms with Crippen LogP contribution in [0, 0.1) is 0 Å². The monoisotopic (exact) mass is 599 g/mol. The van der Waals surface area contributed by atoms with Gasteiger partial charge in [0.25, 0.3) is 11.1 Å². The van der Waals surface area contributed by atoms with Gasteiger partial charge in [-0.3, -0.25) is 24.2 Å². The number of pyridine rings is 2. The average Bonchev–Trinajstić information content (AvgIpc) is 3.06. The molecule has 9 nitrogen and oxygen atoms in total. The van der Waals surface area contributed by atoms with Crippen molar-refractivity contribution in [2.75, 3.05) is 5.73 Å². The third-order valence-corrected chi connectivity index (χ3v) is 6.62. The number of nitrogens with zero attached hydrogens (tertiary/aromatic N) is 1. The van der Waals surface area contributed by atoms with Crippen LogP contribution in [0.15, 0.2) is 136 Å². The van der Waals surface area contributed by atoms with Crippen LogP contribution in [-0.2, 0) is 29.1 Å². The molecule has 0 aliphatic heterocycles. The zero-order valence-corrected chi connectivity index (χ0v) is 24.5. The van der Waals surface area contributed by atoms with E-state index in [1.807, 2.05) is 84.9 Å². The van der Waals surface area contributed by atoms with Crippen LogP contribution < -0.4 is 22.2 Å². The number of nitrogens with one attached hydrogen (secondary N) is 3. The molecular formula is C36H33N5O4. The molecule has 0 unspecified atom stereocenters. The van der Waals surface area contributed by atoms with E-state index >= 15 is 0 Å². The second-order valence-corrected chi connectivity index (χ2v) is 9.93. The lowest BCUT2D eigenvalue weighted by atomic mass is 10.1. The van der Waals surface area contributed by atoms with Gasteiger partial charge < -0.3 is 21.0 Å². The predicted octanol–water partition coefficient (Wildman–Crippen LogP) is 4.95. The molecule has 4 aromatic carbocycles. The molecule has 0 atom stereocenters. The number of nitrogens with two attached hydrogens (primary N) is 1. The quantitative estimate of drug-likeness (QED) is 0.116. The highest BCUT2D eigenvalue weighted by Gasteiger charge is 2.05. The molecule has 0 aliphatic carbocycles. The average molecular weight is 600 g/mol. The van der Waals surface area contributed by atoms with Gasteiger partial charge in [-0.1, -0.05) is 72.8 Å². The van der Waals surface area contributed by atoms with E-state index in [1.54, 1.807) is 36.7 Å². The van der Waals surface area contributed by atoms with Gasteiger partial charge in [-0.2, -0.15) is 0 Å². The van der Waals surface area contributed by atoms with Gasteiger partial charge in [-0.15, -0.1) is 0 Å². The number of aromatic nitrogens is 2. The first-order chi connectivity index (χ1) is 21.9. The third kappa shape index (κ3) is 10.0. The molecule has 0 fully saturated rings. The summed E-state index contributed by atoms with van der Waals surface area (Å²) in [7, 11) is 0. The van der Waals surface area contributed by atoms with Crippen molar-refractivity contribution in [1.29, 1.82) is 0 Å². The Kier molecular flexibility index (Phi) is 11.7. The Morgan fingerprint density at radius 1 is 0.711 bits per heavy atom. The minimum atomic E-state index is -0.113. The highest BCUT2D eigenvalue weighted by Crippen LogP contribution is 2.13. The number of aromatic amines is 2. The van der Waals surface area contributed by atoms with Crippen molar-refractivity contribution >= 4 is 45.6 Å². The molecule has 1 amide bonds. The number of aldehydes is 1. The Bertz CT molecular complexity index is 2000. The molecule has 0 aliphatic rings. The number of hydrogen-bond donors (Lipinski definition) is 4. The fraction of sp³-hybridized carbons (Fsp3) is 0.0833. The topological polar surface area (TPSA) is 150 Å². The highest BCUT2D eigenvalue weighted by molar-refractivity contribution is 6.12. The first-order valence-electron chi connectivity index (χ1n) is 14.2. The molecule has 226 valence electrons. The highest BCUT2D eigenvalue weighted by atomic mass is 16.1. The first-order valence-corrected chi connectivity index (χ1v) is 14.2. The Morgan fingerprint density at radius 2 is 1.29 bits per heavy atom. The summed E-state index contributed by atoms with van der Waals surface area (Å²) >= 11 is 0. The zero-order valence-electron chi connectivity index (χ0n) is 24.5. The van der Waals surface area contributed by atoms with Crippen LogP contribution in [0.4, 0.5) is 5.69 Å². The minimum absolute atomic E-state index is 0.0342. The summed E-state index contributed by atoms with van der Waals surface area (Å²) in [5, 5.41) is 5.93. The van der Waals surface area contributed by atoms with Gasteiger partial charge in [-0.25, -0.2) is 0 Å². The summed E-state index contributed by atoms with van der Waals surface area (Å²) in [5.41, 5.74) is 9.12. The summed E-state index contributed by atoms with van der Waals surface area (Å²) in [6.07, 6.45) is 5.49. The van der Waals surface area contributed by atoms with E-state index < -0.39 is 0 Å². The predicted molar refractivity (Wildman–Crippen MR) is 180 cm³/mol. The van der Waals surface area contributed by atoms with Gasteiger partial charge in [0.1, 0.15) is 0 Å². The number of fused-ring (bicyclic) bond motifs is 2. The Balaban J connectivity index is 0.000000169. The van der Waals surface area contributed by atoms with Crippen LogP contribution in [-0.4, -0.2) is 28.4 Å². The van der Waals surface area contributed by atoms with Crippen LogP contribution in [0.25, 0.3) is 21.5 Å². The summed E-state index contributed by atoms with van der Waals surface area (Å²) < 4.78 is 0. The maximum absolute atomic E-state index is 12.0. The largest absolute Gasteiger partial charge is 0.399 e. The van der Waals surface area contributed by atoms with Gasteiger partial charge in [0.05, 0.1) is 19.2 Å². The van der Waals surface area contributed by atoms with E-state index in [0.717, 1.165) is 27.5 Å². The van der Waals surface area contributed by atoms with E-state index in [9.17, 15) is 19.2 Å². The van der Waals surface area contributed by atoms with Crippen LogP contribution in [0.5, 0.6) is 0 Å². The fourth-order valence-electron chi connectivity index (χ4n) is 4.39. The smallest absolute Gasteiger partial charge is 0.255 e. The van der Waals surface area contributed by atoms with Crippen LogP contribution in [0.1, 0.15) is 16.7 Å². The van der Waals surface area contributed by atoms with E-state index in [-0.39, 0.29) is 17.0 Å². The molecule has 0 saturated heterocycles. The fourth-order valence-corrected chi connectivity index (χ4v) is 4.39. The van der Waals surface area contributed by atoms with Crippen molar-refractivity contribution in [2.45, 2.75) is 19.5 Å². The molecule has 0 bridgehead atoms. The van der Waals surface area contributed by atoms with E-state index in [4.69, 9.17) is 5.73 Å². The number of carbonyl (C=O) groups is 2. The summed E-state index contributed by atoms with van der Waals surface area (Å²) in [6, 6.07) is 33.9. The molecule has 0 spiro atoms. The second-order valence-electron chi connectivity index (χ2n) is 9.93. The lowest BCUT2D eigenvalue weighted by Gasteiger charge is -2.06. The van der Waals surface area contributed by atoms with E-state index in [1.165, 1.54) is 6.21 Å². The molecule has 45 heavy (non-hydrogen) atoms. The number of carbonyl (C=O) groups excluding carboxylic acids is 2. The van der Waals surface area contributed by atoms with Crippen molar-refractivity contribution in [2.24, 2.45) is 4.99 Å². The number of rotatable bonds is 7. The SMILES string of the molecule is Nc1ccc2c(=O)[nH]ccc2c1.O=C(Cc1ccc2c(=O)[nH]ccc2c1)NCc1ccccc1.O=CC=NCc1ccccc1. The Morgan fingerprint density at radius 3 is 1.91 bits per heavy atom. The number of benzene rings is 4. The summed E-state index contributed by atoms with van der Waals surface area (Å²) in [4.78, 5) is 53.8. The maximum atomic E-state index is 12.0. The number of amides is 1. The van der Waals surface area contributed by atoms with Crippen molar-refractivity contribution in [3.05, 3.63) is 159 Å². The van der Waals surface area contributed by atoms with Gasteiger partial charge in [0.15, 0.2) is 6.29 Å². The maximum Gasteiger partial charge on any atom is 0.255 e. The van der Waals surface area contributed by atoms with Crippen molar-refractivity contribution < 1.29 is 9.59 Å². The molecule has 0 saturated carbocycles. The molecule has 6 rings (SSSR count). The Hall–Kier alpha value is -6.09. The number of H-pyrrole nitrogens is 2. The van der Waals surface area contributed by atoms with E-state index in [2.05, 4.69) is 20.3 Å². The van der Waals surface area contributed by atoms with Crippen molar-refractivity contribution in [3.63, 3.8) is 0 Å². The second kappa shape index (κ2) is 16.5. The molecule has 9 heteroatoms. The van der Waals surface area contributed by atoms with Gasteiger partial charge >= 0.3 is 0 Å². The number of aliphatic imine (C=N–C) groups is 1. The standard InChI is InChI=1S/C18H16N2O2.C9H8N2O.C9H9NO/c21-17(20-12-13-4-2-1-3-5-13)11-14-6-7-16-15(10-14)8-9-19-18(16)22;10-7-1-2-8-6(5-7)3-4-11-9(8)12;11-7-6-10-8-9-4-2-1-3-5-9/h1-10H,11-12H2,(H,19,22)(H,20,21);1-5H,10H2,(H,11,12);1-7H,8H2. The lowest BCUT2D eigenvalue weighted by Crippen LogP contribution is -2.24. The number of hydrogen-bond acceptors (Lipinski definition) is 6. The van der Waals surface area contributed by atoms with Crippen molar-refractivity contribution in [1.82, 2.24) is 15.3 Å². The molecule has 2 aromatic heterocycles. The molecular weight excluding hydrogens is 566 g/mol. The lowest BCUT2D eigenvalue weighted by molar-refractivity contribution is -0.120.